The van der Waals surface area contributed by atoms with Crippen LogP contribution in [0.5, 0.6) is 0 Å². The van der Waals surface area contributed by atoms with Crippen molar-refractivity contribution in [1.29, 1.82) is 0 Å². The standard InChI is InChI=1S/C20H30FN3O.2ClH/c1-15(22)17-7-10-24(11-8-17)20(25)18-5-3-9-23(14-18)13-16-4-2-6-19(21)12-16;;/h2,4,6,12,15,17-18H,3,5,7-11,13-14,22H2,1H3;2*1H. The van der Waals surface area contributed by atoms with Crippen LogP contribution in [0.4, 0.5) is 4.39 Å². The van der Waals surface area contributed by atoms with Crippen molar-refractivity contribution >= 4 is 30.7 Å². The summed E-state index contributed by atoms with van der Waals surface area (Å²) in [5.74, 6) is 0.722. The van der Waals surface area contributed by atoms with Crippen molar-refractivity contribution in [1.82, 2.24) is 9.80 Å². The summed E-state index contributed by atoms with van der Waals surface area (Å²) in [6, 6.07) is 6.98. The van der Waals surface area contributed by atoms with E-state index < -0.39 is 0 Å². The minimum atomic E-state index is -0.195. The molecular weight excluding hydrogens is 388 g/mol. The zero-order valence-electron chi connectivity index (χ0n) is 16.0. The van der Waals surface area contributed by atoms with Gasteiger partial charge < -0.3 is 10.6 Å². The predicted octanol–water partition coefficient (Wildman–Crippen LogP) is 3.47. The molecule has 0 aromatic heterocycles. The Morgan fingerprint density at radius 2 is 1.93 bits per heavy atom. The van der Waals surface area contributed by atoms with Crippen LogP contribution in [0.15, 0.2) is 24.3 Å². The minimum absolute atomic E-state index is 0. The van der Waals surface area contributed by atoms with Crippen LogP contribution < -0.4 is 5.73 Å². The molecule has 2 fully saturated rings. The molecule has 3 rings (SSSR count). The molecule has 1 aromatic rings. The van der Waals surface area contributed by atoms with Crippen LogP contribution in [0.2, 0.25) is 0 Å². The third kappa shape index (κ3) is 6.60. The van der Waals surface area contributed by atoms with Crippen molar-refractivity contribution in [3.8, 4) is 0 Å². The number of benzene rings is 1. The van der Waals surface area contributed by atoms with E-state index in [1.165, 1.54) is 6.07 Å². The van der Waals surface area contributed by atoms with Gasteiger partial charge in [-0.3, -0.25) is 9.69 Å². The average molecular weight is 420 g/mol. The number of carbonyl (C=O) groups excluding carboxylic acids is 1. The van der Waals surface area contributed by atoms with Gasteiger partial charge >= 0.3 is 0 Å². The van der Waals surface area contributed by atoms with Crippen LogP contribution in [-0.4, -0.2) is 47.9 Å². The highest BCUT2D eigenvalue weighted by atomic mass is 35.5. The lowest BCUT2D eigenvalue weighted by molar-refractivity contribution is -0.139. The summed E-state index contributed by atoms with van der Waals surface area (Å²) in [5.41, 5.74) is 6.97. The van der Waals surface area contributed by atoms with E-state index in [9.17, 15) is 9.18 Å². The Labute approximate surface area is 174 Å². The fourth-order valence-corrected chi connectivity index (χ4v) is 4.20. The second-order valence-corrected chi connectivity index (χ2v) is 7.73. The third-order valence-electron chi connectivity index (χ3n) is 5.74. The van der Waals surface area contributed by atoms with E-state index in [0.717, 1.165) is 57.4 Å². The first kappa shape index (κ1) is 24.2. The molecule has 154 valence electrons. The van der Waals surface area contributed by atoms with Gasteiger partial charge in [0.15, 0.2) is 0 Å². The highest BCUT2D eigenvalue weighted by Gasteiger charge is 2.32. The molecule has 0 aliphatic carbocycles. The van der Waals surface area contributed by atoms with Crippen LogP contribution in [0, 0.1) is 17.7 Å². The van der Waals surface area contributed by atoms with E-state index in [-0.39, 0.29) is 42.6 Å². The first-order chi connectivity index (χ1) is 12.0. The Kier molecular flexibility index (Phi) is 10.0. The molecule has 2 unspecified atom stereocenters. The van der Waals surface area contributed by atoms with Gasteiger partial charge in [0.2, 0.25) is 5.91 Å². The molecule has 1 amide bonds. The largest absolute Gasteiger partial charge is 0.342 e. The Hall–Kier alpha value is -0.880. The van der Waals surface area contributed by atoms with Crippen LogP contribution in [0.25, 0.3) is 0 Å². The average Bonchev–Trinajstić information content (AvgIpc) is 2.61. The normalized spacial score (nSPS) is 22.5. The topological polar surface area (TPSA) is 49.6 Å². The number of hydrogen-bond acceptors (Lipinski definition) is 3. The number of piperidine rings is 2. The number of halogens is 3. The van der Waals surface area contributed by atoms with Crippen molar-refractivity contribution < 1.29 is 9.18 Å². The Morgan fingerprint density at radius 3 is 2.56 bits per heavy atom. The van der Waals surface area contributed by atoms with Crippen LogP contribution in [-0.2, 0) is 11.3 Å². The predicted molar refractivity (Wildman–Crippen MR) is 112 cm³/mol. The number of likely N-dealkylation sites (tertiary alicyclic amines) is 2. The van der Waals surface area contributed by atoms with E-state index in [0.29, 0.717) is 18.4 Å². The maximum Gasteiger partial charge on any atom is 0.226 e. The maximum absolute atomic E-state index is 13.4. The Bertz CT molecular complexity index is 594. The lowest BCUT2D eigenvalue weighted by Gasteiger charge is -2.38. The lowest BCUT2D eigenvalue weighted by Crippen LogP contribution is -2.48. The molecule has 2 aliphatic rings. The van der Waals surface area contributed by atoms with Crippen molar-refractivity contribution in [2.75, 3.05) is 26.2 Å². The molecule has 0 saturated carbocycles. The minimum Gasteiger partial charge on any atom is -0.342 e. The molecule has 2 N–H and O–H groups in total. The van der Waals surface area contributed by atoms with Crippen molar-refractivity contribution in [2.24, 2.45) is 17.6 Å². The van der Waals surface area contributed by atoms with E-state index in [2.05, 4.69) is 11.8 Å². The number of hydrogen-bond donors (Lipinski definition) is 1. The summed E-state index contributed by atoms with van der Waals surface area (Å²) >= 11 is 0. The number of carbonyl (C=O) groups is 1. The number of amides is 1. The lowest BCUT2D eigenvalue weighted by atomic mass is 9.89. The van der Waals surface area contributed by atoms with E-state index in [1.807, 2.05) is 11.0 Å². The zero-order chi connectivity index (χ0) is 17.8. The van der Waals surface area contributed by atoms with Gasteiger partial charge in [-0.2, -0.15) is 0 Å². The van der Waals surface area contributed by atoms with Crippen molar-refractivity contribution in [3.63, 3.8) is 0 Å². The summed E-state index contributed by atoms with van der Waals surface area (Å²) in [6.45, 7) is 6.22. The monoisotopic (exact) mass is 419 g/mol. The molecule has 1 aromatic carbocycles. The molecule has 2 saturated heterocycles. The number of nitrogens with two attached hydrogens (primary N) is 1. The van der Waals surface area contributed by atoms with E-state index in [1.54, 1.807) is 12.1 Å². The van der Waals surface area contributed by atoms with Crippen molar-refractivity contribution in [2.45, 2.75) is 45.2 Å². The molecule has 0 bridgehead atoms. The molecule has 0 radical (unpaired) electrons. The van der Waals surface area contributed by atoms with E-state index in [4.69, 9.17) is 5.73 Å². The highest BCUT2D eigenvalue weighted by Crippen LogP contribution is 2.25. The molecule has 2 heterocycles. The molecule has 2 atom stereocenters. The fourth-order valence-electron chi connectivity index (χ4n) is 4.20. The summed E-state index contributed by atoms with van der Waals surface area (Å²) in [5, 5.41) is 0. The summed E-state index contributed by atoms with van der Waals surface area (Å²) < 4.78 is 13.4. The summed E-state index contributed by atoms with van der Waals surface area (Å²) in [6.07, 6.45) is 4.03. The van der Waals surface area contributed by atoms with Crippen LogP contribution in [0.1, 0.15) is 38.2 Å². The first-order valence-corrected chi connectivity index (χ1v) is 9.54. The summed E-state index contributed by atoms with van der Waals surface area (Å²) in [7, 11) is 0. The van der Waals surface area contributed by atoms with Crippen LogP contribution in [0.3, 0.4) is 0 Å². The molecule has 4 nitrogen and oxygen atoms in total. The van der Waals surface area contributed by atoms with Gasteiger partial charge in [0, 0.05) is 32.2 Å². The van der Waals surface area contributed by atoms with Gasteiger partial charge in [-0.15, -0.1) is 24.8 Å². The third-order valence-corrected chi connectivity index (χ3v) is 5.74. The molecule has 0 spiro atoms. The second kappa shape index (κ2) is 11.2. The van der Waals surface area contributed by atoms with Gasteiger partial charge in [-0.25, -0.2) is 4.39 Å². The first-order valence-electron chi connectivity index (χ1n) is 9.54. The number of rotatable bonds is 4. The zero-order valence-corrected chi connectivity index (χ0v) is 17.6. The van der Waals surface area contributed by atoms with Gasteiger partial charge in [0.1, 0.15) is 5.82 Å². The maximum atomic E-state index is 13.4. The van der Waals surface area contributed by atoms with Crippen LogP contribution >= 0.6 is 24.8 Å². The Morgan fingerprint density at radius 1 is 1.22 bits per heavy atom. The van der Waals surface area contributed by atoms with E-state index >= 15 is 0 Å². The Balaban J connectivity index is 0.00000182. The highest BCUT2D eigenvalue weighted by molar-refractivity contribution is 5.85. The molecule has 2 aliphatic heterocycles. The fraction of sp³-hybridized carbons (Fsp3) is 0.650. The summed E-state index contributed by atoms with van der Waals surface area (Å²) in [4.78, 5) is 17.2. The van der Waals surface area contributed by atoms with Crippen molar-refractivity contribution in [3.05, 3.63) is 35.6 Å². The molecular formula is C20H32Cl2FN3O. The second-order valence-electron chi connectivity index (χ2n) is 7.73. The SMILES string of the molecule is CC(N)C1CCN(C(=O)C2CCCN(Cc3cccc(F)c3)C2)CC1.Cl.Cl. The van der Waals surface area contributed by atoms with Gasteiger partial charge in [-0.1, -0.05) is 12.1 Å². The molecule has 27 heavy (non-hydrogen) atoms. The smallest absolute Gasteiger partial charge is 0.226 e. The van der Waals surface area contributed by atoms with Gasteiger partial charge in [0.25, 0.3) is 0 Å². The number of nitrogens with zero attached hydrogens (tertiary/aromatic N) is 2. The quantitative estimate of drug-likeness (QED) is 0.812. The molecule has 7 heteroatoms. The van der Waals surface area contributed by atoms with Gasteiger partial charge in [0.05, 0.1) is 5.92 Å². The van der Waals surface area contributed by atoms with Gasteiger partial charge in [-0.05, 0) is 62.8 Å².